The average molecular weight is 254 g/mol. The second kappa shape index (κ2) is 4.54. The third kappa shape index (κ3) is 2.08. The summed E-state index contributed by atoms with van der Waals surface area (Å²) in [6, 6.07) is 11.7. The number of hydrogen-bond acceptors (Lipinski definition) is 5. The molecule has 0 aliphatic heterocycles. The number of thiazole rings is 1. The molecule has 2 N–H and O–H groups in total. The van der Waals surface area contributed by atoms with Crippen LogP contribution in [0.1, 0.15) is 0 Å². The summed E-state index contributed by atoms with van der Waals surface area (Å²) in [6.07, 6.45) is 1.73. The standard InChI is InChI=1S/C13H10N4S/c14-11-8-10(9-4-2-1-3-5-9)16-12(17-11)13-15-6-7-18-13/h1-8H,(H2,14,16,17). The van der Waals surface area contributed by atoms with Gasteiger partial charge in [-0.3, -0.25) is 0 Å². The third-order valence-electron chi connectivity index (χ3n) is 2.44. The van der Waals surface area contributed by atoms with Crippen molar-refractivity contribution >= 4 is 17.2 Å². The van der Waals surface area contributed by atoms with Gasteiger partial charge in [0.15, 0.2) is 10.8 Å². The van der Waals surface area contributed by atoms with Crippen molar-refractivity contribution in [2.75, 3.05) is 5.73 Å². The zero-order valence-corrected chi connectivity index (χ0v) is 10.3. The fourth-order valence-electron chi connectivity index (χ4n) is 1.65. The molecule has 3 rings (SSSR count). The second-order valence-electron chi connectivity index (χ2n) is 3.70. The highest BCUT2D eigenvalue weighted by atomic mass is 32.1. The van der Waals surface area contributed by atoms with Gasteiger partial charge in [0.05, 0.1) is 5.69 Å². The number of anilines is 1. The Morgan fingerprint density at radius 2 is 1.89 bits per heavy atom. The van der Waals surface area contributed by atoms with Crippen molar-refractivity contribution in [2.45, 2.75) is 0 Å². The predicted molar refractivity (Wildman–Crippen MR) is 73.0 cm³/mol. The van der Waals surface area contributed by atoms with Crippen LogP contribution in [0.3, 0.4) is 0 Å². The molecular weight excluding hydrogens is 244 g/mol. The van der Waals surface area contributed by atoms with E-state index in [2.05, 4.69) is 15.0 Å². The maximum atomic E-state index is 5.83. The van der Waals surface area contributed by atoms with Crippen LogP contribution in [0.15, 0.2) is 48.0 Å². The highest BCUT2D eigenvalue weighted by Crippen LogP contribution is 2.24. The van der Waals surface area contributed by atoms with E-state index < -0.39 is 0 Å². The molecule has 0 saturated carbocycles. The molecule has 4 nitrogen and oxygen atoms in total. The maximum absolute atomic E-state index is 5.83. The lowest BCUT2D eigenvalue weighted by atomic mass is 10.1. The van der Waals surface area contributed by atoms with Gasteiger partial charge in [0.1, 0.15) is 5.82 Å². The first-order valence-electron chi connectivity index (χ1n) is 5.43. The van der Waals surface area contributed by atoms with E-state index >= 15 is 0 Å². The summed E-state index contributed by atoms with van der Waals surface area (Å²) < 4.78 is 0. The normalized spacial score (nSPS) is 10.4. The van der Waals surface area contributed by atoms with Crippen molar-refractivity contribution in [3.05, 3.63) is 48.0 Å². The Hall–Kier alpha value is -2.27. The predicted octanol–water partition coefficient (Wildman–Crippen LogP) is 2.85. The number of benzene rings is 1. The van der Waals surface area contributed by atoms with Crippen LogP contribution < -0.4 is 5.73 Å². The van der Waals surface area contributed by atoms with Crippen LogP contribution in [0, 0.1) is 0 Å². The summed E-state index contributed by atoms with van der Waals surface area (Å²) in [5, 5.41) is 2.67. The zero-order valence-electron chi connectivity index (χ0n) is 9.45. The van der Waals surface area contributed by atoms with Gasteiger partial charge in [0.25, 0.3) is 0 Å². The summed E-state index contributed by atoms with van der Waals surface area (Å²) >= 11 is 1.50. The van der Waals surface area contributed by atoms with Crippen LogP contribution in [0.25, 0.3) is 22.1 Å². The van der Waals surface area contributed by atoms with E-state index in [-0.39, 0.29) is 0 Å². The first kappa shape index (κ1) is 10.9. The first-order valence-corrected chi connectivity index (χ1v) is 6.31. The molecule has 2 heterocycles. The lowest BCUT2D eigenvalue weighted by Gasteiger charge is -2.04. The number of nitrogens with two attached hydrogens (primary N) is 1. The molecule has 18 heavy (non-hydrogen) atoms. The van der Waals surface area contributed by atoms with E-state index in [1.165, 1.54) is 11.3 Å². The summed E-state index contributed by atoms with van der Waals surface area (Å²) in [6.45, 7) is 0. The number of nitrogen functional groups attached to an aromatic ring is 1. The molecule has 0 radical (unpaired) electrons. The van der Waals surface area contributed by atoms with Crippen LogP contribution in [0.5, 0.6) is 0 Å². The number of rotatable bonds is 2. The maximum Gasteiger partial charge on any atom is 0.191 e. The first-order chi connectivity index (χ1) is 8.83. The molecule has 0 aliphatic carbocycles. The minimum atomic E-state index is 0.453. The van der Waals surface area contributed by atoms with Gasteiger partial charge in [0.2, 0.25) is 0 Å². The van der Waals surface area contributed by atoms with Gasteiger partial charge < -0.3 is 5.73 Å². The molecule has 0 unspecified atom stereocenters. The largest absolute Gasteiger partial charge is 0.384 e. The Kier molecular flexibility index (Phi) is 2.74. The monoisotopic (exact) mass is 254 g/mol. The highest BCUT2D eigenvalue weighted by Gasteiger charge is 2.08. The zero-order chi connectivity index (χ0) is 12.4. The SMILES string of the molecule is Nc1cc(-c2ccccc2)nc(-c2nccs2)n1. The Labute approximate surface area is 108 Å². The molecule has 0 amide bonds. The average Bonchev–Trinajstić information content (AvgIpc) is 2.93. The molecule has 2 aromatic heterocycles. The smallest absolute Gasteiger partial charge is 0.191 e. The van der Waals surface area contributed by atoms with E-state index in [0.717, 1.165) is 16.3 Å². The van der Waals surface area contributed by atoms with E-state index in [9.17, 15) is 0 Å². The number of aromatic nitrogens is 3. The quantitative estimate of drug-likeness (QED) is 0.763. The molecule has 0 spiro atoms. The van der Waals surface area contributed by atoms with Gasteiger partial charge in [-0.2, -0.15) is 0 Å². The van der Waals surface area contributed by atoms with Crippen LogP contribution in [0.4, 0.5) is 5.82 Å². The van der Waals surface area contributed by atoms with Gasteiger partial charge in [-0.25, -0.2) is 15.0 Å². The Morgan fingerprint density at radius 3 is 2.61 bits per heavy atom. The molecule has 0 fully saturated rings. The van der Waals surface area contributed by atoms with Crippen molar-refractivity contribution in [2.24, 2.45) is 0 Å². The molecule has 1 aromatic carbocycles. The van der Waals surface area contributed by atoms with E-state index in [1.54, 1.807) is 12.3 Å². The Morgan fingerprint density at radius 1 is 1.06 bits per heavy atom. The summed E-state index contributed by atoms with van der Waals surface area (Å²) in [7, 11) is 0. The van der Waals surface area contributed by atoms with Crippen molar-refractivity contribution < 1.29 is 0 Å². The van der Waals surface area contributed by atoms with Crippen LogP contribution in [-0.4, -0.2) is 15.0 Å². The molecule has 3 aromatic rings. The van der Waals surface area contributed by atoms with E-state index in [4.69, 9.17) is 5.73 Å². The van der Waals surface area contributed by atoms with Crippen LogP contribution in [-0.2, 0) is 0 Å². The Balaban J connectivity index is 2.12. The van der Waals surface area contributed by atoms with Gasteiger partial charge in [0, 0.05) is 23.2 Å². The van der Waals surface area contributed by atoms with E-state index in [0.29, 0.717) is 11.6 Å². The number of hydrogen-bond donors (Lipinski definition) is 1. The number of nitrogens with zero attached hydrogens (tertiary/aromatic N) is 3. The van der Waals surface area contributed by atoms with Crippen molar-refractivity contribution in [3.8, 4) is 22.1 Å². The van der Waals surface area contributed by atoms with Crippen molar-refractivity contribution in [1.29, 1.82) is 0 Å². The van der Waals surface area contributed by atoms with Gasteiger partial charge in [-0.05, 0) is 0 Å². The molecule has 0 bridgehead atoms. The van der Waals surface area contributed by atoms with Crippen LogP contribution in [0.2, 0.25) is 0 Å². The van der Waals surface area contributed by atoms with Gasteiger partial charge >= 0.3 is 0 Å². The third-order valence-corrected chi connectivity index (χ3v) is 3.21. The molecule has 0 atom stereocenters. The topological polar surface area (TPSA) is 64.7 Å². The molecule has 0 aliphatic rings. The molecular formula is C13H10N4S. The Bertz CT molecular complexity index is 650. The van der Waals surface area contributed by atoms with Gasteiger partial charge in [-0.15, -0.1) is 11.3 Å². The molecule has 88 valence electrons. The molecule has 5 heteroatoms. The fraction of sp³-hybridized carbons (Fsp3) is 0. The molecule has 0 saturated heterocycles. The van der Waals surface area contributed by atoms with Crippen molar-refractivity contribution in [3.63, 3.8) is 0 Å². The van der Waals surface area contributed by atoms with Crippen molar-refractivity contribution in [1.82, 2.24) is 15.0 Å². The summed E-state index contributed by atoms with van der Waals surface area (Å²) in [5.41, 5.74) is 7.66. The fourth-order valence-corrected chi connectivity index (χ4v) is 2.22. The van der Waals surface area contributed by atoms with Crippen LogP contribution >= 0.6 is 11.3 Å². The highest BCUT2D eigenvalue weighted by molar-refractivity contribution is 7.13. The van der Waals surface area contributed by atoms with Gasteiger partial charge in [-0.1, -0.05) is 30.3 Å². The summed E-state index contributed by atoms with van der Waals surface area (Å²) in [4.78, 5) is 12.9. The lowest BCUT2D eigenvalue weighted by molar-refractivity contribution is 1.17. The van der Waals surface area contributed by atoms with E-state index in [1.807, 2.05) is 35.7 Å². The second-order valence-corrected chi connectivity index (χ2v) is 4.60. The summed E-state index contributed by atoms with van der Waals surface area (Å²) in [5.74, 6) is 1.03. The lowest BCUT2D eigenvalue weighted by Crippen LogP contribution is -1.97. The minimum absolute atomic E-state index is 0.453. The minimum Gasteiger partial charge on any atom is -0.384 e.